The highest BCUT2D eigenvalue weighted by Crippen LogP contribution is 2.42. The number of nitrogens with one attached hydrogen (secondary N) is 1. The highest BCUT2D eigenvalue weighted by molar-refractivity contribution is 7.85. The first kappa shape index (κ1) is 20.5. The van der Waals surface area contributed by atoms with Gasteiger partial charge in [0.05, 0.1) is 12.1 Å². The van der Waals surface area contributed by atoms with E-state index in [9.17, 15) is 9.32 Å². The second kappa shape index (κ2) is 7.74. The lowest BCUT2D eigenvalue weighted by molar-refractivity contribution is 0.143. The SMILES string of the molecule is O=[S@]1COc2nc(N3CC4CN(c5ccc(Cl)cc5)CC4C3)nc(NC3(CO)CCC3)c21. The van der Waals surface area contributed by atoms with Crippen molar-refractivity contribution in [3.63, 3.8) is 0 Å². The lowest BCUT2D eigenvalue weighted by atomic mass is 9.77. The van der Waals surface area contributed by atoms with Crippen LogP contribution in [0, 0.1) is 11.8 Å². The molecule has 0 amide bonds. The molecular weight excluding hydrogens is 450 g/mol. The van der Waals surface area contributed by atoms with Crippen molar-refractivity contribution in [3.05, 3.63) is 29.3 Å². The van der Waals surface area contributed by atoms with Gasteiger partial charge in [0.15, 0.2) is 11.8 Å². The van der Waals surface area contributed by atoms with Crippen LogP contribution in [0.4, 0.5) is 17.5 Å². The van der Waals surface area contributed by atoms with Gasteiger partial charge in [-0.2, -0.15) is 9.97 Å². The summed E-state index contributed by atoms with van der Waals surface area (Å²) in [5.41, 5.74) is 0.827. The first-order valence-electron chi connectivity index (χ1n) is 11.1. The quantitative estimate of drug-likeness (QED) is 0.681. The fourth-order valence-electron chi connectivity index (χ4n) is 5.31. The number of aliphatic hydroxyl groups is 1. The molecule has 32 heavy (non-hydrogen) atoms. The molecule has 3 atom stereocenters. The molecule has 4 aliphatic rings. The Morgan fingerprint density at radius 1 is 1.12 bits per heavy atom. The molecule has 0 spiro atoms. The number of anilines is 3. The van der Waals surface area contributed by atoms with E-state index in [4.69, 9.17) is 21.3 Å². The van der Waals surface area contributed by atoms with Gasteiger partial charge in [0.1, 0.15) is 15.7 Å². The van der Waals surface area contributed by atoms with Crippen molar-refractivity contribution < 1.29 is 14.1 Å². The molecule has 2 saturated heterocycles. The third kappa shape index (κ3) is 3.41. The molecule has 170 valence electrons. The number of halogens is 1. The highest BCUT2D eigenvalue weighted by Gasteiger charge is 2.43. The zero-order valence-corrected chi connectivity index (χ0v) is 19.2. The Kier molecular flexibility index (Phi) is 4.96. The van der Waals surface area contributed by atoms with E-state index in [2.05, 4.69) is 32.2 Å². The molecule has 1 saturated carbocycles. The highest BCUT2D eigenvalue weighted by atomic mass is 35.5. The van der Waals surface area contributed by atoms with Gasteiger partial charge in [-0.1, -0.05) is 11.6 Å². The van der Waals surface area contributed by atoms with Gasteiger partial charge in [-0.3, -0.25) is 4.21 Å². The summed E-state index contributed by atoms with van der Waals surface area (Å²) in [4.78, 5) is 14.6. The summed E-state index contributed by atoms with van der Waals surface area (Å²) in [5.74, 6) is 2.74. The fourth-order valence-corrected chi connectivity index (χ4v) is 6.39. The lowest BCUT2D eigenvalue weighted by Gasteiger charge is -2.41. The largest absolute Gasteiger partial charge is 0.463 e. The van der Waals surface area contributed by atoms with Gasteiger partial charge in [-0.15, -0.1) is 0 Å². The number of aliphatic hydroxyl groups excluding tert-OH is 1. The van der Waals surface area contributed by atoms with Gasteiger partial charge in [-0.05, 0) is 43.5 Å². The predicted octanol–water partition coefficient (Wildman–Crippen LogP) is 2.49. The molecule has 3 aliphatic heterocycles. The second-order valence-corrected chi connectivity index (χ2v) is 11.1. The van der Waals surface area contributed by atoms with Crippen LogP contribution in [0.1, 0.15) is 19.3 Å². The summed E-state index contributed by atoms with van der Waals surface area (Å²) in [7, 11) is -1.29. The van der Waals surface area contributed by atoms with E-state index in [1.54, 1.807) is 0 Å². The Labute approximate surface area is 194 Å². The maximum Gasteiger partial charge on any atom is 0.238 e. The molecule has 0 radical (unpaired) electrons. The number of fused-ring (bicyclic) bond motifs is 2. The van der Waals surface area contributed by atoms with E-state index in [1.165, 1.54) is 5.69 Å². The van der Waals surface area contributed by atoms with Crippen LogP contribution >= 0.6 is 11.6 Å². The third-order valence-corrected chi connectivity index (χ3v) is 8.72. The van der Waals surface area contributed by atoms with Crippen LogP contribution in [0.3, 0.4) is 0 Å². The van der Waals surface area contributed by atoms with Crippen molar-refractivity contribution >= 4 is 39.9 Å². The zero-order chi connectivity index (χ0) is 21.9. The molecule has 4 heterocycles. The monoisotopic (exact) mass is 475 g/mol. The smallest absolute Gasteiger partial charge is 0.238 e. The van der Waals surface area contributed by atoms with Gasteiger partial charge in [0, 0.05) is 48.7 Å². The molecule has 1 aromatic carbocycles. The topological polar surface area (TPSA) is 90.8 Å². The molecule has 0 bridgehead atoms. The Balaban J connectivity index is 1.22. The maximum atomic E-state index is 12.5. The van der Waals surface area contributed by atoms with E-state index in [0.29, 0.717) is 34.4 Å². The van der Waals surface area contributed by atoms with Crippen LogP contribution in [0.15, 0.2) is 29.2 Å². The van der Waals surface area contributed by atoms with Crippen molar-refractivity contribution in [2.45, 2.75) is 29.7 Å². The van der Waals surface area contributed by atoms with E-state index >= 15 is 0 Å². The third-order valence-electron chi connectivity index (χ3n) is 7.31. The number of hydrogen-bond acceptors (Lipinski definition) is 8. The summed E-state index contributed by atoms with van der Waals surface area (Å²) in [5, 5.41) is 14.1. The number of nitrogens with zero attached hydrogens (tertiary/aromatic N) is 4. The summed E-state index contributed by atoms with van der Waals surface area (Å²) >= 11 is 6.04. The molecule has 3 fully saturated rings. The van der Waals surface area contributed by atoms with Gasteiger partial charge >= 0.3 is 0 Å². The minimum Gasteiger partial charge on any atom is -0.463 e. The second-order valence-electron chi connectivity index (χ2n) is 9.34. The molecule has 1 aromatic heterocycles. The number of aromatic nitrogens is 2. The van der Waals surface area contributed by atoms with E-state index in [1.807, 2.05) is 12.1 Å². The number of hydrogen-bond donors (Lipinski definition) is 2. The fraction of sp³-hybridized carbons (Fsp3) is 0.545. The molecule has 2 aromatic rings. The normalized spacial score (nSPS) is 27.6. The Morgan fingerprint density at radius 3 is 2.44 bits per heavy atom. The Hall–Kier alpha value is -2.10. The maximum absolute atomic E-state index is 12.5. The van der Waals surface area contributed by atoms with Crippen LogP contribution in [-0.2, 0) is 10.8 Å². The van der Waals surface area contributed by atoms with Crippen LogP contribution in [0.2, 0.25) is 5.02 Å². The molecular formula is C22H26ClN5O3S. The number of rotatable bonds is 5. The van der Waals surface area contributed by atoms with Gasteiger partial charge < -0.3 is 25.0 Å². The standard InChI is InChI=1S/C22H26ClN5O3S/c23-16-2-4-17(5-3-16)27-8-14-10-28(11-15(14)9-27)21-24-19(26-22(12-29)6-1-7-22)18-20(25-21)31-13-32(18)30/h2-5,14-15,29H,1,6-13H2,(H,24,25,26)/t14?,15?,32-/m0/s1. The molecule has 8 nitrogen and oxygen atoms in total. The van der Waals surface area contributed by atoms with Crippen molar-refractivity contribution in [1.82, 2.24) is 9.97 Å². The Bertz CT molecular complexity index is 1040. The first-order valence-corrected chi connectivity index (χ1v) is 12.8. The molecule has 1 aliphatic carbocycles. The first-order chi connectivity index (χ1) is 15.5. The van der Waals surface area contributed by atoms with E-state index in [0.717, 1.165) is 50.5 Å². The van der Waals surface area contributed by atoms with Crippen molar-refractivity contribution in [2.75, 3.05) is 53.8 Å². The molecule has 2 N–H and O–H groups in total. The van der Waals surface area contributed by atoms with Crippen molar-refractivity contribution in [1.29, 1.82) is 0 Å². The van der Waals surface area contributed by atoms with Crippen LogP contribution < -0.4 is 19.9 Å². The average Bonchev–Trinajstić information content (AvgIpc) is 3.44. The van der Waals surface area contributed by atoms with E-state index in [-0.39, 0.29) is 18.1 Å². The zero-order valence-electron chi connectivity index (χ0n) is 17.7. The van der Waals surface area contributed by atoms with E-state index < -0.39 is 10.8 Å². The van der Waals surface area contributed by atoms with Crippen LogP contribution in [-0.4, -0.2) is 63.5 Å². The van der Waals surface area contributed by atoms with Crippen molar-refractivity contribution in [3.8, 4) is 5.88 Å². The summed E-state index contributed by atoms with van der Waals surface area (Å²) in [6.45, 7) is 3.77. The molecule has 10 heteroatoms. The average molecular weight is 476 g/mol. The minimum atomic E-state index is -1.29. The Morgan fingerprint density at radius 2 is 1.81 bits per heavy atom. The van der Waals surface area contributed by atoms with Gasteiger partial charge in [-0.25, -0.2) is 0 Å². The molecule has 2 unspecified atom stereocenters. The predicted molar refractivity (Wildman–Crippen MR) is 124 cm³/mol. The van der Waals surface area contributed by atoms with Crippen molar-refractivity contribution in [2.24, 2.45) is 11.8 Å². The minimum absolute atomic E-state index is 0.0308. The van der Waals surface area contributed by atoms with Crippen LogP contribution in [0.5, 0.6) is 5.88 Å². The van der Waals surface area contributed by atoms with Gasteiger partial charge in [0.25, 0.3) is 0 Å². The summed E-state index contributed by atoms with van der Waals surface area (Å²) in [6.07, 6.45) is 2.81. The molecule has 6 rings (SSSR count). The van der Waals surface area contributed by atoms with Crippen LogP contribution in [0.25, 0.3) is 0 Å². The number of benzene rings is 1. The summed E-state index contributed by atoms with van der Waals surface area (Å²) < 4.78 is 18.2. The van der Waals surface area contributed by atoms with Gasteiger partial charge in [0.2, 0.25) is 11.8 Å². The number of ether oxygens (including phenoxy) is 1. The summed E-state index contributed by atoms with van der Waals surface area (Å²) in [6, 6.07) is 8.04. The lowest BCUT2D eigenvalue weighted by Crippen LogP contribution is -2.48.